The first-order valence-corrected chi connectivity index (χ1v) is 8.77. The SMILES string of the molecule is CC(NC(=O)c1ccccc1Br)C(=O)NN=Cc1cccc(Cl)c1Cl. The zero-order valence-electron chi connectivity index (χ0n) is 13.1. The third-order valence-electron chi connectivity index (χ3n) is 3.22. The van der Waals surface area contributed by atoms with Crippen molar-refractivity contribution in [2.75, 3.05) is 0 Å². The number of carbonyl (C=O) groups excluding carboxylic acids is 2. The predicted molar refractivity (Wildman–Crippen MR) is 103 cm³/mol. The van der Waals surface area contributed by atoms with Crippen LogP contribution in [0.3, 0.4) is 0 Å². The van der Waals surface area contributed by atoms with E-state index in [0.717, 1.165) is 0 Å². The average molecular weight is 443 g/mol. The lowest BCUT2D eigenvalue weighted by molar-refractivity contribution is -0.122. The van der Waals surface area contributed by atoms with Crippen molar-refractivity contribution < 1.29 is 9.59 Å². The highest BCUT2D eigenvalue weighted by molar-refractivity contribution is 9.10. The number of hydrogen-bond acceptors (Lipinski definition) is 3. The third kappa shape index (κ3) is 5.29. The number of nitrogens with zero attached hydrogens (tertiary/aromatic N) is 1. The maximum absolute atomic E-state index is 12.2. The molecule has 8 heteroatoms. The molecule has 0 aromatic heterocycles. The van der Waals surface area contributed by atoms with E-state index in [0.29, 0.717) is 25.6 Å². The molecule has 0 aliphatic rings. The molecule has 1 atom stereocenters. The molecule has 0 bridgehead atoms. The highest BCUT2D eigenvalue weighted by Gasteiger charge is 2.17. The number of nitrogens with one attached hydrogen (secondary N) is 2. The monoisotopic (exact) mass is 441 g/mol. The van der Waals surface area contributed by atoms with Crippen LogP contribution in [0.4, 0.5) is 0 Å². The molecule has 0 aliphatic heterocycles. The van der Waals surface area contributed by atoms with Crippen molar-refractivity contribution in [3.8, 4) is 0 Å². The van der Waals surface area contributed by atoms with Crippen molar-refractivity contribution in [2.45, 2.75) is 13.0 Å². The Bertz CT molecular complexity index is 827. The summed E-state index contributed by atoms with van der Waals surface area (Å²) in [5.74, 6) is -0.827. The first-order valence-electron chi connectivity index (χ1n) is 7.22. The van der Waals surface area contributed by atoms with E-state index in [9.17, 15) is 9.59 Å². The second-order valence-corrected chi connectivity index (χ2v) is 6.69. The van der Waals surface area contributed by atoms with Gasteiger partial charge >= 0.3 is 0 Å². The van der Waals surface area contributed by atoms with Crippen LogP contribution in [0.1, 0.15) is 22.8 Å². The minimum atomic E-state index is -0.772. The molecule has 5 nitrogen and oxygen atoms in total. The third-order valence-corrected chi connectivity index (χ3v) is 4.74. The van der Waals surface area contributed by atoms with Gasteiger partial charge in [0.15, 0.2) is 0 Å². The fourth-order valence-electron chi connectivity index (χ4n) is 1.87. The summed E-state index contributed by atoms with van der Waals surface area (Å²) in [6, 6.07) is 11.3. The molecule has 0 spiro atoms. The first-order chi connectivity index (χ1) is 11.9. The number of hydrazone groups is 1. The number of rotatable bonds is 5. The molecule has 0 saturated heterocycles. The van der Waals surface area contributed by atoms with E-state index in [4.69, 9.17) is 23.2 Å². The Kier molecular flexibility index (Phi) is 6.99. The summed E-state index contributed by atoms with van der Waals surface area (Å²) in [5, 5.41) is 7.18. The molecule has 0 aliphatic carbocycles. The molecule has 130 valence electrons. The molecule has 1 unspecified atom stereocenters. The normalized spacial score (nSPS) is 12.0. The van der Waals surface area contributed by atoms with E-state index in [1.165, 1.54) is 6.21 Å². The summed E-state index contributed by atoms with van der Waals surface area (Å²) in [4.78, 5) is 24.2. The Morgan fingerprint density at radius 2 is 1.88 bits per heavy atom. The van der Waals surface area contributed by atoms with Crippen LogP contribution in [0.5, 0.6) is 0 Å². The van der Waals surface area contributed by atoms with Gasteiger partial charge in [0.25, 0.3) is 11.8 Å². The standard InChI is InChI=1S/C17H14BrCl2N3O2/c1-10(22-17(25)12-6-2-3-7-13(12)18)16(24)23-21-9-11-5-4-8-14(19)15(11)20/h2-10H,1H3,(H,22,25)(H,23,24). The largest absolute Gasteiger partial charge is 0.340 e. The van der Waals surface area contributed by atoms with Crippen LogP contribution in [0.2, 0.25) is 10.0 Å². The van der Waals surface area contributed by atoms with Gasteiger partial charge in [0, 0.05) is 10.0 Å². The van der Waals surface area contributed by atoms with Crippen LogP contribution in [-0.2, 0) is 4.79 Å². The van der Waals surface area contributed by atoms with Crippen molar-refractivity contribution in [3.05, 3.63) is 68.1 Å². The zero-order chi connectivity index (χ0) is 18.4. The highest BCUT2D eigenvalue weighted by atomic mass is 79.9. The van der Waals surface area contributed by atoms with Crippen LogP contribution in [0.15, 0.2) is 52.0 Å². The summed E-state index contributed by atoms with van der Waals surface area (Å²) in [6.07, 6.45) is 1.38. The minimum absolute atomic E-state index is 0.345. The molecule has 2 rings (SSSR count). The maximum Gasteiger partial charge on any atom is 0.262 e. The summed E-state index contributed by atoms with van der Waals surface area (Å²) in [5.41, 5.74) is 3.36. The predicted octanol–water partition coefficient (Wildman–Crippen LogP) is 4.02. The molecular weight excluding hydrogens is 429 g/mol. The summed E-state index contributed by atoms with van der Waals surface area (Å²) >= 11 is 15.2. The summed E-state index contributed by atoms with van der Waals surface area (Å²) in [6.45, 7) is 1.56. The highest BCUT2D eigenvalue weighted by Crippen LogP contribution is 2.24. The van der Waals surface area contributed by atoms with E-state index < -0.39 is 11.9 Å². The maximum atomic E-state index is 12.2. The lowest BCUT2D eigenvalue weighted by Gasteiger charge is -2.12. The van der Waals surface area contributed by atoms with Crippen LogP contribution < -0.4 is 10.7 Å². The van der Waals surface area contributed by atoms with Gasteiger partial charge in [-0.1, -0.05) is 47.5 Å². The molecule has 0 radical (unpaired) electrons. The number of amides is 2. The average Bonchev–Trinajstić information content (AvgIpc) is 2.58. The Morgan fingerprint density at radius 1 is 1.16 bits per heavy atom. The number of hydrogen-bond donors (Lipinski definition) is 2. The molecule has 2 amide bonds. The summed E-state index contributed by atoms with van der Waals surface area (Å²) in [7, 11) is 0. The molecule has 2 aromatic carbocycles. The quantitative estimate of drug-likeness (QED) is 0.542. The Morgan fingerprint density at radius 3 is 2.60 bits per heavy atom. The van der Waals surface area contributed by atoms with Crippen molar-refractivity contribution >= 4 is 57.2 Å². The van der Waals surface area contributed by atoms with E-state index in [1.54, 1.807) is 49.4 Å². The van der Waals surface area contributed by atoms with Gasteiger partial charge in [0.2, 0.25) is 0 Å². The molecule has 0 saturated carbocycles. The van der Waals surface area contributed by atoms with Gasteiger partial charge in [-0.3, -0.25) is 9.59 Å². The van der Waals surface area contributed by atoms with Gasteiger partial charge in [-0.15, -0.1) is 0 Å². The van der Waals surface area contributed by atoms with Crippen LogP contribution in [0, 0.1) is 0 Å². The number of benzene rings is 2. The van der Waals surface area contributed by atoms with Gasteiger partial charge in [0.05, 0.1) is 21.8 Å². The first kappa shape index (κ1) is 19.4. The van der Waals surface area contributed by atoms with Gasteiger partial charge in [-0.25, -0.2) is 5.43 Å². The van der Waals surface area contributed by atoms with E-state index >= 15 is 0 Å². The lowest BCUT2D eigenvalue weighted by Crippen LogP contribution is -2.43. The van der Waals surface area contributed by atoms with E-state index in [2.05, 4.69) is 31.8 Å². The molecule has 2 N–H and O–H groups in total. The van der Waals surface area contributed by atoms with Gasteiger partial charge in [-0.2, -0.15) is 5.10 Å². The zero-order valence-corrected chi connectivity index (χ0v) is 16.2. The molecule has 2 aromatic rings. The van der Waals surface area contributed by atoms with Gasteiger partial charge in [0.1, 0.15) is 6.04 Å². The molecule has 0 heterocycles. The molecular formula is C17H14BrCl2N3O2. The van der Waals surface area contributed by atoms with Crippen molar-refractivity contribution in [2.24, 2.45) is 5.10 Å². The lowest BCUT2D eigenvalue weighted by atomic mass is 10.2. The fraction of sp³-hybridized carbons (Fsp3) is 0.118. The number of halogens is 3. The van der Waals surface area contributed by atoms with Crippen molar-refractivity contribution in [1.82, 2.24) is 10.7 Å². The Labute approximate surface area is 163 Å². The van der Waals surface area contributed by atoms with E-state index in [-0.39, 0.29) is 5.91 Å². The smallest absolute Gasteiger partial charge is 0.262 e. The summed E-state index contributed by atoms with van der Waals surface area (Å²) < 4.78 is 0.647. The van der Waals surface area contributed by atoms with Gasteiger partial charge in [-0.05, 0) is 41.1 Å². The van der Waals surface area contributed by atoms with Crippen molar-refractivity contribution in [3.63, 3.8) is 0 Å². The minimum Gasteiger partial charge on any atom is -0.340 e. The van der Waals surface area contributed by atoms with Crippen LogP contribution >= 0.6 is 39.1 Å². The number of carbonyl (C=O) groups is 2. The van der Waals surface area contributed by atoms with Gasteiger partial charge < -0.3 is 5.32 Å². The Hall–Kier alpha value is -1.89. The molecule has 0 fully saturated rings. The van der Waals surface area contributed by atoms with Crippen LogP contribution in [-0.4, -0.2) is 24.1 Å². The fourth-order valence-corrected chi connectivity index (χ4v) is 2.69. The second-order valence-electron chi connectivity index (χ2n) is 5.05. The second kappa shape index (κ2) is 8.99. The molecule has 25 heavy (non-hydrogen) atoms. The van der Waals surface area contributed by atoms with E-state index in [1.807, 2.05) is 0 Å². The van der Waals surface area contributed by atoms with Crippen molar-refractivity contribution in [1.29, 1.82) is 0 Å². The topological polar surface area (TPSA) is 70.6 Å². The Balaban J connectivity index is 1.94. The van der Waals surface area contributed by atoms with Crippen LogP contribution in [0.25, 0.3) is 0 Å².